The highest BCUT2D eigenvalue weighted by Crippen LogP contribution is 2.37. The minimum Gasteiger partial charge on any atom is -0.294 e. The highest BCUT2D eigenvalue weighted by molar-refractivity contribution is 6.30. The molecule has 1 heterocycles. The minimum absolute atomic E-state index is 0.0497. The molecular formula is C19H15NO4. The van der Waals surface area contributed by atoms with Crippen LogP contribution in [0.5, 0.6) is 0 Å². The second-order valence-corrected chi connectivity index (χ2v) is 6.47. The van der Waals surface area contributed by atoms with E-state index in [0.717, 1.165) is 4.90 Å². The summed E-state index contributed by atoms with van der Waals surface area (Å²) in [6.07, 6.45) is 0.787. The van der Waals surface area contributed by atoms with Crippen LogP contribution in [-0.4, -0.2) is 35.3 Å². The molecule has 5 nitrogen and oxygen atoms in total. The van der Waals surface area contributed by atoms with Crippen LogP contribution in [0.25, 0.3) is 10.8 Å². The molecule has 0 N–H and O–H groups in total. The molecule has 2 aromatic rings. The van der Waals surface area contributed by atoms with Crippen molar-refractivity contribution in [2.24, 2.45) is 5.92 Å². The Morgan fingerprint density at radius 2 is 1.33 bits per heavy atom. The van der Waals surface area contributed by atoms with E-state index in [1.165, 1.54) is 7.05 Å². The van der Waals surface area contributed by atoms with Crippen LogP contribution in [-0.2, 0) is 0 Å². The molecule has 0 bridgehead atoms. The number of carbonyl (C=O) groups excluding carboxylic acids is 4. The first-order valence-corrected chi connectivity index (χ1v) is 7.91. The van der Waals surface area contributed by atoms with E-state index < -0.39 is 11.8 Å². The van der Waals surface area contributed by atoms with Gasteiger partial charge in [-0.3, -0.25) is 24.1 Å². The van der Waals surface area contributed by atoms with Crippen LogP contribution in [0.4, 0.5) is 0 Å². The fourth-order valence-corrected chi connectivity index (χ4v) is 3.62. The Morgan fingerprint density at radius 3 is 1.96 bits per heavy atom. The van der Waals surface area contributed by atoms with Gasteiger partial charge < -0.3 is 0 Å². The molecule has 2 aliphatic rings. The van der Waals surface area contributed by atoms with Crippen molar-refractivity contribution in [3.05, 3.63) is 46.5 Å². The highest BCUT2D eigenvalue weighted by atomic mass is 16.2. The molecule has 2 amide bonds. The Kier molecular flexibility index (Phi) is 2.97. The van der Waals surface area contributed by atoms with E-state index in [-0.39, 0.29) is 23.9 Å². The predicted molar refractivity (Wildman–Crippen MR) is 87.4 cm³/mol. The van der Waals surface area contributed by atoms with E-state index in [1.54, 1.807) is 31.2 Å². The Morgan fingerprint density at radius 1 is 0.833 bits per heavy atom. The van der Waals surface area contributed by atoms with E-state index >= 15 is 0 Å². The molecule has 1 unspecified atom stereocenters. The number of amides is 2. The molecule has 0 saturated heterocycles. The summed E-state index contributed by atoms with van der Waals surface area (Å²) in [5, 5.41) is 0.898. The zero-order valence-corrected chi connectivity index (χ0v) is 13.4. The molecule has 0 fully saturated rings. The number of ketones is 2. The summed E-state index contributed by atoms with van der Waals surface area (Å²) >= 11 is 0. The Bertz CT molecular complexity index is 951. The maximum atomic E-state index is 12.7. The number of hydrogen-bond acceptors (Lipinski definition) is 4. The average Bonchev–Trinajstić information content (AvgIpc) is 2.59. The fraction of sp³-hybridized carbons (Fsp3) is 0.263. The molecule has 0 aromatic heterocycles. The van der Waals surface area contributed by atoms with Crippen molar-refractivity contribution in [3.8, 4) is 0 Å². The first kappa shape index (κ1) is 14.8. The standard InChI is InChI=1S/C19H15NO4/c1-9-3-8-14(21)10-4-6-12-16-13(19(24)20(2)18(12)23)7-5-11(15(10)16)17(9)22/h4-7,9H,3,8H2,1-2H3. The van der Waals surface area contributed by atoms with Crippen molar-refractivity contribution in [2.45, 2.75) is 19.8 Å². The van der Waals surface area contributed by atoms with Gasteiger partial charge in [0, 0.05) is 52.4 Å². The van der Waals surface area contributed by atoms with Gasteiger partial charge in [-0.05, 0) is 30.7 Å². The summed E-state index contributed by atoms with van der Waals surface area (Å²) in [5.74, 6) is -1.20. The summed E-state index contributed by atoms with van der Waals surface area (Å²) < 4.78 is 0. The topological polar surface area (TPSA) is 71.5 Å². The van der Waals surface area contributed by atoms with E-state index in [0.29, 0.717) is 39.4 Å². The van der Waals surface area contributed by atoms with Gasteiger partial charge in [0.05, 0.1) is 0 Å². The van der Waals surface area contributed by atoms with Gasteiger partial charge in [-0.2, -0.15) is 0 Å². The summed E-state index contributed by atoms with van der Waals surface area (Å²) in [6.45, 7) is 1.81. The molecular weight excluding hydrogens is 306 g/mol. The van der Waals surface area contributed by atoms with Gasteiger partial charge in [0.25, 0.3) is 11.8 Å². The van der Waals surface area contributed by atoms with Crippen molar-refractivity contribution >= 4 is 34.2 Å². The second kappa shape index (κ2) is 4.84. The third kappa shape index (κ3) is 1.75. The SMILES string of the molecule is CC1CCC(=O)c2ccc3c4c(ccc(c24)C1=O)C(=O)N(C)C3=O. The van der Waals surface area contributed by atoms with Crippen LogP contribution in [0.3, 0.4) is 0 Å². The van der Waals surface area contributed by atoms with Crippen molar-refractivity contribution in [2.75, 3.05) is 7.05 Å². The van der Waals surface area contributed by atoms with E-state index in [9.17, 15) is 19.2 Å². The first-order valence-electron chi connectivity index (χ1n) is 7.91. The molecule has 1 aliphatic carbocycles. The monoisotopic (exact) mass is 321 g/mol. The Hall–Kier alpha value is -2.82. The fourth-order valence-electron chi connectivity index (χ4n) is 3.62. The minimum atomic E-state index is -0.411. The van der Waals surface area contributed by atoms with E-state index in [1.807, 2.05) is 0 Å². The summed E-state index contributed by atoms with van der Waals surface area (Å²) in [6, 6.07) is 6.40. The molecule has 24 heavy (non-hydrogen) atoms. The predicted octanol–water partition coefficient (Wildman–Crippen LogP) is 2.86. The third-order valence-electron chi connectivity index (χ3n) is 5.05. The molecule has 1 atom stereocenters. The lowest BCUT2D eigenvalue weighted by Crippen LogP contribution is -2.37. The number of hydrogen-bond donors (Lipinski definition) is 0. The van der Waals surface area contributed by atoms with Gasteiger partial charge in [0.15, 0.2) is 11.6 Å². The molecule has 120 valence electrons. The van der Waals surface area contributed by atoms with Crippen molar-refractivity contribution in [1.82, 2.24) is 4.90 Å². The summed E-state index contributed by atoms with van der Waals surface area (Å²) in [5.41, 5.74) is 1.58. The van der Waals surface area contributed by atoms with E-state index in [2.05, 4.69) is 0 Å². The molecule has 0 spiro atoms. The second-order valence-electron chi connectivity index (χ2n) is 6.47. The maximum absolute atomic E-state index is 12.7. The summed E-state index contributed by atoms with van der Waals surface area (Å²) in [4.78, 5) is 51.3. The van der Waals surface area contributed by atoms with Crippen molar-refractivity contribution < 1.29 is 19.2 Å². The van der Waals surface area contributed by atoms with Crippen LogP contribution in [0.2, 0.25) is 0 Å². The van der Waals surface area contributed by atoms with Gasteiger partial charge in [-0.15, -0.1) is 0 Å². The number of benzene rings is 2. The average molecular weight is 321 g/mol. The van der Waals surface area contributed by atoms with Gasteiger partial charge in [-0.1, -0.05) is 6.92 Å². The van der Waals surface area contributed by atoms with Gasteiger partial charge >= 0.3 is 0 Å². The first-order chi connectivity index (χ1) is 11.4. The zero-order valence-electron chi connectivity index (χ0n) is 13.4. The largest absolute Gasteiger partial charge is 0.294 e. The highest BCUT2D eigenvalue weighted by Gasteiger charge is 2.34. The molecule has 4 rings (SSSR count). The lowest BCUT2D eigenvalue weighted by molar-refractivity contribution is 0.0649. The molecule has 5 heteroatoms. The number of Topliss-reactive ketones (excluding diaryl/α,β-unsaturated/α-hetero) is 2. The van der Waals surface area contributed by atoms with Gasteiger partial charge in [0.1, 0.15) is 0 Å². The van der Waals surface area contributed by atoms with Crippen LogP contribution >= 0.6 is 0 Å². The Labute approximate surface area is 138 Å². The van der Waals surface area contributed by atoms with Crippen molar-refractivity contribution in [3.63, 3.8) is 0 Å². The third-order valence-corrected chi connectivity index (χ3v) is 5.05. The number of imide groups is 1. The lowest BCUT2D eigenvalue weighted by Gasteiger charge is -2.26. The van der Waals surface area contributed by atoms with E-state index in [4.69, 9.17) is 0 Å². The number of rotatable bonds is 0. The van der Waals surface area contributed by atoms with Gasteiger partial charge in [-0.25, -0.2) is 0 Å². The molecule has 0 saturated carbocycles. The normalized spacial score (nSPS) is 20.4. The zero-order chi connectivity index (χ0) is 17.2. The lowest BCUT2D eigenvalue weighted by atomic mass is 9.81. The smallest absolute Gasteiger partial charge is 0.261 e. The van der Waals surface area contributed by atoms with Crippen molar-refractivity contribution in [1.29, 1.82) is 0 Å². The Balaban J connectivity index is 2.20. The van der Waals surface area contributed by atoms with Crippen LogP contribution in [0.1, 0.15) is 61.2 Å². The summed E-state index contributed by atoms with van der Waals surface area (Å²) in [7, 11) is 1.43. The van der Waals surface area contributed by atoms with Gasteiger partial charge in [0.2, 0.25) is 0 Å². The van der Waals surface area contributed by atoms with Crippen LogP contribution in [0, 0.1) is 5.92 Å². The molecule has 0 radical (unpaired) electrons. The molecule has 2 aromatic carbocycles. The van der Waals surface area contributed by atoms with Crippen LogP contribution in [0.15, 0.2) is 24.3 Å². The number of carbonyl (C=O) groups is 4. The maximum Gasteiger partial charge on any atom is 0.261 e. The van der Waals surface area contributed by atoms with Crippen LogP contribution < -0.4 is 0 Å². The number of nitrogens with zero attached hydrogens (tertiary/aromatic N) is 1. The quantitative estimate of drug-likeness (QED) is 0.700. The molecule has 1 aliphatic heterocycles.